The SMILES string of the molecule is CC(=O)NCc1ccc(C(=O)C(C)OC(=O)CCCOc2ccc(Cl)c(C)c2)s1. The second-order valence-electron chi connectivity index (χ2n) is 6.54. The van der Waals surface area contributed by atoms with Gasteiger partial charge in [0.05, 0.1) is 18.0 Å². The molecule has 0 aliphatic carbocycles. The van der Waals surface area contributed by atoms with Crippen molar-refractivity contribution in [2.45, 2.75) is 46.3 Å². The summed E-state index contributed by atoms with van der Waals surface area (Å²) < 4.78 is 10.8. The molecule has 1 amide bonds. The summed E-state index contributed by atoms with van der Waals surface area (Å²) in [4.78, 5) is 36.7. The minimum absolute atomic E-state index is 0.135. The maximum atomic E-state index is 12.4. The number of ether oxygens (including phenoxy) is 2. The Kier molecular flexibility index (Phi) is 8.67. The number of benzene rings is 1. The highest BCUT2D eigenvalue weighted by molar-refractivity contribution is 7.14. The standard InChI is InChI=1S/C21H24ClNO5S/c1-13-11-16(6-8-18(13)22)27-10-4-5-20(25)28-14(2)21(26)19-9-7-17(29-19)12-23-15(3)24/h6-9,11,14H,4-5,10,12H2,1-3H3,(H,23,24). The maximum absolute atomic E-state index is 12.4. The van der Waals surface area contributed by atoms with Gasteiger partial charge in [0.1, 0.15) is 5.75 Å². The molecule has 8 heteroatoms. The Morgan fingerprint density at radius 3 is 2.66 bits per heavy atom. The van der Waals surface area contributed by atoms with Crippen molar-refractivity contribution in [3.63, 3.8) is 0 Å². The molecule has 6 nitrogen and oxygen atoms in total. The molecule has 156 valence electrons. The lowest BCUT2D eigenvalue weighted by molar-refractivity contribution is -0.146. The zero-order valence-electron chi connectivity index (χ0n) is 16.6. The van der Waals surface area contributed by atoms with E-state index in [0.29, 0.717) is 35.2 Å². The number of Topliss-reactive ketones (excluding diaryl/α,β-unsaturated/α-hetero) is 1. The summed E-state index contributed by atoms with van der Waals surface area (Å²) in [6.45, 7) is 5.61. The van der Waals surface area contributed by atoms with Gasteiger partial charge in [-0.15, -0.1) is 11.3 Å². The van der Waals surface area contributed by atoms with E-state index in [0.717, 1.165) is 10.4 Å². The van der Waals surface area contributed by atoms with Gasteiger partial charge < -0.3 is 14.8 Å². The van der Waals surface area contributed by atoms with Gasteiger partial charge in [-0.3, -0.25) is 14.4 Å². The van der Waals surface area contributed by atoms with Crippen LogP contribution in [0.15, 0.2) is 30.3 Å². The van der Waals surface area contributed by atoms with Crippen LogP contribution in [0.4, 0.5) is 0 Å². The van der Waals surface area contributed by atoms with Gasteiger partial charge in [0.15, 0.2) is 6.10 Å². The smallest absolute Gasteiger partial charge is 0.306 e. The molecular weight excluding hydrogens is 414 g/mol. The Labute approximate surface area is 179 Å². The first-order valence-electron chi connectivity index (χ1n) is 9.22. The summed E-state index contributed by atoms with van der Waals surface area (Å²) in [7, 11) is 0. The van der Waals surface area contributed by atoms with E-state index in [4.69, 9.17) is 21.1 Å². The summed E-state index contributed by atoms with van der Waals surface area (Å²) in [5.74, 6) is -0.151. The van der Waals surface area contributed by atoms with Gasteiger partial charge in [0.2, 0.25) is 11.7 Å². The Balaban J connectivity index is 1.73. The zero-order chi connectivity index (χ0) is 21.4. The molecule has 0 radical (unpaired) electrons. The highest BCUT2D eigenvalue weighted by Crippen LogP contribution is 2.21. The van der Waals surface area contributed by atoms with E-state index < -0.39 is 12.1 Å². The number of thiophene rings is 1. The van der Waals surface area contributed by atoms with Gasteiger partial charge in [-0.1, -0.05) is 11.6 Å². The fourth-order valence-electron chi connectivity index (χ4n) is 2.44. The van der Waals surface area contributed by atoms with Crippen LogP contribution in [0.5, 0.6) is 5.75 Å². The Bertz CT molecular complexity index is 880. The van der Waals surface area contributed by atoms with Crippen LogP contribution >= 0.6 is 22.9 Å². The Morgan fingerprint density at radius 1 is 1.21 bits per heavy atom. The number of hydrogen-bond donors (Lipinski definition) is 1. The van der Waals surface area contributed by atoms with Crippen molar-refractivity contribution in [3.8, 4) is 5.75 Å². The topological polar surface area (TPSA) is 81.7 Å². The van der Waals surface area contributed by atoms with Crippen LogP contribution in [0.1, 0.15) is 46.8 Å². The summed E-state index contributed by atoms with van der Waals surface area (Å²) in [6.07, 6.45) is -0.237. The number of amides is 1. The van der Waals surface area contributed by atoms with Crippen LogP contribution in [0.25, 0.3) is 0 Å². The first kappa shape index (κ1) is 22.9. The molecule has 0 spiro atoms. The van der Waals surface area contributed by atoms with E-state index in [-0.39, 0.29) is 18.1 Å². The van der Waals surface area contributed by atoms with Crippen molar-refractivity contribution < 1.29 is 23.9 Å². The van der Waals surface area contributed by atoms with Gasteiger partial charge in [0, 0.05) is 23.2 Å². The molecule has 0 aliphatic heterocycles. The molecule has 1 unspecified atom stereocenters. The maximum Gasteiger partial charge on any atom is 0.306 e. The van der Waals surface area contributed by atoms with Crippen molar-refractivity contribution >= 4 is 40.6 Å². The highest BCUT2D eigenvalue weighted by atomic mass is 35.5. The first-order chi connectivity index (χ1) is 13.8. The van der Waals surface area contributed by atoms with Gasteiger partial charge in [-0.2, -0.15) is 0 Å². The zero-order valence-corrected chi connectivity index (χ0v) is 18.2. The van der Waals surface area contributed by atoms with Gasteiger partial charge in [-0.05, 0) is 56.2 Å². The highest BCUT2D eigenvalue weighted by Gasteiger charge is 2.21. The number of rotatable bonds is 10. The molecule has 2 aromatic rings. The summed E-state index contributed by atoms with van der Waals surface area (Å²) in [6, 6.07) is 8.83. The molecule has 2 rings (SSSR count). The van der Waals surface area contributed by atoms with Crippen LogP contribution in [-0.2, 0) is 20.9 Å². The molecule has 0 bridgehead atoms. The monoisotopic (exact) mass is 437 g/mol. The third-order valence-electron chi connectivity index (χ3n) is 4.02. The average molecular weight is 438 g/mol. The molecule has 1 N–H and O–H groups in total. The number of nitrogens with one attached hydrogen (secondary N) is 1. The number of aryl methyl sites for hydroxylation is 1. The van der Waals surface area contributed by atoms with E-state index in [1.807, 2.05) is 13.0 Å². The molecule has 0 saturated heterocycles. The molecule has 29 heavy (non-hydrogen) atoms. The third kappa shape index (κ3) is 7.51. The average Bonchev–Trinajstić information content (AvgIpc) is 3.14. The van der Waals surface area contributed by atoms with Crippen molar-refractivity contribution in [1.29, 1.82) is 0 Å². The molecule has 1 atom stereocenters. The lowest BCUT2D eigenvalue weighted by Gasteiger charge is -2.12. The molecule has 0 saturated carbocycles. The molecule has 1 heterocycles. The molecular formula is C21H24ClNO5S. The number of ketones is 1. The third-order valence-corrected chi connectivity index (χ3v) is 5.54. The first-order valence-corrected chi connectivity index (χ1v) is 10.4. The fraction of sp³-hybridized carbons (Fsp3) is 0.381. The van der Waals surface area contributed by atoms with Crippen LogP contribution in [0.3, 0.4) is 0 Å². The largest absolute Gasteiger partial charge is 0.494 e. The predicted octanol–water partition coefficient (Wildman–Crippen LogP) is 4.32. The summed E-state index contributed by atoms with van der Waals surface area (Å²) in [5, 5.41) is 3.35. The van der Waals surface area contributed by atoms with Gasteiger partial charge in [0.25, 0.3) is 0 Å². The number of halogens is 1. The fourth-order valence-corrected chi connectivity index (χ4v) is 3.52. The van der Waals surface area contributed by atoms with E-state index in [9.17, 15) is 14.4 Å². The van der Waals surface area contributed by atoms with Crippen LogP contribution in [0, 0.1) is 6.92 Å². The lowest BCUT2D eigenvalue weighted by atomic mass is 10.2. The van der Waals surface area contributed by atoms with Crippen molar-refractivity contribution in [3.05, 3.63) is 50.7 Å². The van der Waals surface area contributed by atoms with Crippen molar-refractivity contribution in [2.24, 2.45) is 0 Å². The Morgan fingerprint density at radius 2 is 1.97 bits per heavy atom. The van der Waals surface area contributed by atoms with Crippen molar-refractivity contribution in [1.82, 2.24) is 5.32 Å². The lowest BCUT2D eigenvalue weighted by Crippen LogP contribution is -2.24. The Hall–Kier alpha value is -2.38. The minimum Gasteiger partial charge on any atom is -0.494 e. The summed E-state index contributed by atoms with van der Waals surface area (Å²) in [5.41, 5.74) is 0.921. The number of carbonyl (C=O) groups excluding carboxylic acids is 3. The van der Waals surface area contributed by atoms with Crippen LogP contribution < -0.4 is 10.1 Å². The number of carbonyl (C=O) groups is 3. The molecule has 1 aromatic heterocycles. The van der Waals surface area contributed by atoms with Gasteiger partial charge >= 0.3 is 5.97 Å². The normalized spacial score (nSPS) is 11.6. The quantitative estimate of drug-likeness (QED) is 0.340. The molecule has 0 aliphatic rings. The van der Waals surface area contributed by atoms with Gasteiger partial charge in [-0.25, -0.2) is 0 Å². The van der Waals surface area contributed by atoms with E-state index >= 15 is 0 Å². The predicted molar refractivity (Wildman–Crippen MR) is 113 cm³/mol. The minimum atomic E-state index is -0.866. The van der Waals surface area contributed by atoms with Crippen LogP contribution in [-0.4, -0.2) is 30.4 Å². The van der Waals surface area contributed by atoms with Crippen LogP contribution in [0.2, 0.25) is 5.02 Å². The van der Waals surface area contributed by atoms with E-state index in [1.54, 1.807) is 31.2 Å². The second kappa shape index (κ2) is 11.0. The molecule has 1 aromatic carbocycles. The van der Waals surface area contributed by atoms with E-state index in [2.05, 4.69) is 5.32 Å². The molecule has 0 fully saturated rings. The van der Waals surface area contributed by atoms with E-state index in [1.165, 1.54) is 18.3 Å². The van der Waals surface area contributed by atoms with Crippen molar-refractivity contribution in [2.75, 3.05) is 6.61 Å². The number of hydrogen-bond acceptors (Lipinski definition) is 6. The number of esters is 1. The second-order valence-corrected chi connectivity index (χ2v) is 8.11. The summed E-state index contributed by atoms with van der Waals surface area (Å²) >= 11 is 7.25.